The van der Waals surface area contributed by atoms with Crippen LogP contribution in [-0.2, 0) is 22.5 Å². The van der Waals surface area contributed by atoms with Crippen LogP contribution in [-0.4, -0.2) is 42.9 Å². The molecule has 1 aromatic heterocycles. The smallest absolute Gasteiger partial charge is 0.225 e. The van der Waals surface area contributed by atoms with E-state index in [1.807, 2.05) is 12.4 Å². The molecule has 3 atom stereocenters. The van der Waals surface area contributed by atoms with Gasteiger partial charge in [0, 0.05) is 37.1 Å². The van der Waals surface area contributed by atoms with Crippen LogP contribution in [0.4, 0.5) is 5.95 Å². The molecule has 30 heavy (non-hydrogen) atoms. The average molecular weight is 474 g/mol. The van der Waals surface area contributed by atoms with Crippen LogP contribution in [0.25, 0.3) is 0 Å². The number of aryl methyl sites for hydroxylation is 1. The Morgan fingerprint density at radius 3 is 2.43 bits per heavy atom. The van der Waals surface area contributed by atoms with Crippen LogP contribution in [0.1, 0.15) is 37.3 Å². The Kier molecular flexibility index (Phi) is 7.39. The highest BCUT2D eigenvalue weighted by atomic mass is 79.9. The second-order valence-corrected chi connectivity index (χ2v) is 9.48. The summed E-state index contributed by atoms with van der Waals surface area (Å²) in [7, 11) is 1.77. The van der Waals surface area contributed by atoms with E-state index in [4.69, 9.17) is 9.47 Å². The van der Waals surface area contributed by atoms with E-state index >= 15 is 0 Å². The minimum atomic E-state index is 0.187. The van der Waals surface area contributed by atoms with Crippen LogP contribution >= 0.6 is 15.9 Å². The summed E-state index contributed by atoms with van der Waals surface area (Å²) >= 11 is 3.49. The van der Waals surface area contributed by atoms with Gasteiger partial charge in [0.25, 0.3) is 0 Å². The van der Waals surface area contributed by atoms with Gasteiger partial charge in [0.2, 0.25) is 5.95 Å². The average Bonchev–Trinajstić information content (AvgIpc) is 3.59. The second-order valence-electron chi connectivity index (χ2n) is 8.56. The Hall–Kier alpha value is -1.50. The standard InChI is InChI=1S/C24H32BrN3O2/c1-3-17-13-26-24(27-14-17)28-10-8-19(9-11-28)21-12-22(21)23(16-29-2)30-15-18-4-6-20(25)7-5-18/h4-7,13-14,19,21-23H,3,8-12,15-16H2,1-2H3. The summed E-state index contributed by atoms with van der Waals surface area (Å²) in [5.74, 6) is 3.04. The van der Waals surface area contributed by atoms with Gasteiger partial charge in [0.05, 0.1) is 19.3 Å². The van der Waals surface area contributed by atoms with Crippen molar-refractivity contribution in [2.24, 2.45) is 17.8 Å². The lowest BCUT2D eigenvalue weighted by Crippen LogP contribution is -2.36. The third-order valence-electron chi connectivity index (χ3n) is 6.60. The highest BCUT2D eigenvalue weighted by Crippen LogP contribution is 2.50. The van der Waals surface area contributed by atoms with E-state index in [0.29, 0.717) is 19.1 Å². The maximum atomic E-state index is 6.29. The normalized spacial score (nSPS) is 22.8. The molecule has 2 heterocycles. The van der Waals surface area contributed by atoms with E-state index < -0.39 is 0 Å². The largest absolute Gasteiger partial charge is 0.382 e. The van der Waals surface area contributed by atoms with Crippen molar-refractivity contribution < 1.29 is 9.47 Å². The molecule has 0 N–H and O–H groups in total. The van der Waals surface area contributed by atoms with Crippen molar-refractivity contribution in [1.82, 2.24) is 9.97 Å². The summed E-state index contributed by atoms with van der Waals surface area (Å²) < 4.78 is 12.9. The number of rotatable bonds is 9. The maximum Gasteiger partial charge on any atom is 0.225 e. The minimum absolute atomic E-state index is 0.187. The van der Waals surface area contributed by atoms with Crippen molar-refractivity contribution in [3.05, 3.63) is 52.3 Å². The lowest BCUT2D eigenvalue weighted by Gasteiger charge is -2.32. The van der Waals surface area contributed by atoms with Crippen LogP contribution in [0, 0.1) is 17.8 Å². The third kappa shape index (κ3) is 5.40. The Labute approximate surface area is 188 Å². The molecule has 1 aliphatic heterocycles. The summed E-state index contributed by atoms with van der Waals surface area (Å²) in [6, 6.07) is 8.36. The molecule has 5 nitrogen and oxygen atoms in total. The summed E-state index contributed by atoms with van der Waals surface area (Å²) in [6.45, 7) is 5.56. The van der Waals surface area contributed by atoms with Gasteiger partial charge in [0.15, 0.2) is 0 Å². The number of nitrogens with zero attached hydrogens (tertiary/aromatic N) is 3. The molecule has 3 unspecified atom stereocenters. The zero-order chi connectivity index (χ0) is 20.9. The fourth-order valence-corrected chi connectivity index (χ4v) is 4.93. The van der Waals surface area contributed by atoms with Crippen molar-refractivity contribution in [2.75, 3.05) is 31.7 Å². The van der Waals surface area contributed by atoms with Gasteiger partial charge in [0.1, 0.15) is 0 Å². The van der Waals surface area contributed by atoms with E-state index in [2.05, 4.69) is 62.0 Å². The van der Waals surface area contributed by atoms with Gasteiger partial charge >= 0.3 is 0 Å². The SMILES string of the molecule is CCc1cnc(N2CCC(C3CC3C(COC)OCc3ccc(Br)cc3)CC2)nc1. The summed E-state index contributed by atoms with van der Waals surface area (Å²) in [4.78, 5) is 11.5. The van der Waals surface area contributed by atoms with Gasteiger partial charge in [-0.3, -0.25) is 0 Å². The molecule has 0 spiro atoms. The van der Waals surface area contributed by atoms with Crippen LogP contribution < -0.4 is 4.90 Å². The summed E-state index contributed by atoms with van der Waals surface area (Å²) in [6.07, 6.45) is 8.79. The molecule has 162 valence electrons. The van der Waals surface area contributed by atoms with Gasteiger partial charge in [-0.05, 0) is 66.7 Å². The first-order chi connectivity index (χ1) is 14.7. The van der Waals surface area contributed by atoms with Crippen LogP contribution in [0.3, 0.4) is 0 Å². The quantitative estimate of drug-likeness (QED) is 0.518. The first-order valence-corrected chi connectivity index (χ1v) is 11.9. The zero-order valence-electron chi connectivity index (χ0n) is 18.0. The first-order valence-electron chi connectivity index (χ1n) is 11.1. The fourth-order valence-electron chi connectivity index (χ4n) is 4.67. The monoisotopic (exact) mass is 473 g/mol. The fraction of sp³-hybridized carbons (Fsp3) is 0.583. The highest BCUT2D eigenvalue weighted by molar-refractivity contribution is 9.10. The molecular weight excluding hydrogens is 442 g/mol. The number of methoxy groups -OCH3 is 1. The van der Waals surface area contributed by atoms with Gasteiger partial charge in [-0.1, -0.05) is 35.0 Å². The van der Waals surface area contributed by atoms with Gasteiger partial charge < -0.3 is 14.4 Å². The molecule has 1 saturated carbocycles. The molecule has 1 aromatic carbocycles. The van der Waals surface area contributed by atoms with Crippen molar-refractivity contribution in [1.29, 1.82) is 0 Å². The number of benzene rings is 1. The van der Waals surface area contributed by atoms with E-state index in [-0.39, 0.29) is 6.10 Å². The summed E-state index contributed by atoms with van der Waals surface area (Å²) in [5, 5.41) is 0. The molecule has 0 amide bonds. The minimum Gasteiger partial charge on any atom is -0.382 e. The molecule has 2 aromatic rings. The van der Waals surface area contributed by atoms with E-state index in [1.165, 1.54) is 30.4 Å². The highest BCUT2D eigenvalue weighted by Gasteiger charge is 2.48. The number of aromatic nitrogens is 2. The second kappa shape index (κ2) is 10.2. The Balaban J connectivity index is 1.26. The first kappa shape index (κ1) is 21.7. The molecule has 2 fully saturated rings. The molecule has 2 aliphatic rings. The van der Waals surface area contributed by atoms with Gasteiger partial charge in [-0.15, -0.1) is 0 Å². The van der Waals surface area contributed by atoms with E-state index in [9.17, 15) is 0 Å². The van der Waals surface area contributed by atoms with Crippen LogP contribution in [0.15, 0.2) is 41.1 Å². The predicted octanol–water partition coefficient (Wildman–Crippen LogP) is 4.89. The number of halogens is 1. The van der Waals surface area contributed by atoms with Crippen LogP contribution in [0.5, 0.6) is 0 Å². The van der Waals surface area contributed by atoms with Crippen molar-refractivity contribution >= 4 is 21.9 Å². The lowest BCUT2D eigenvalue weighted by molar-refractivity contribution is -0.0280. The van der Waals surface area contributed by atoms with Crippen LogP contribution in [0.2, 0.25) is 0 Å². The molecule has 0 bridgehead atoms. The topological polar surface area (TPSA) is 47.5 Å². The Morgan fingerprint density at radius 2 is 1.80 bits per heavy atom. The molecule has 1 saturated heterocycles. The van der Waals surface area contributed by atoms with Gasteiger partial charge in [-0.25, -0.2) is 9.97 Å². The Morgan fingerprint density at radius 1 is 1.10 bits per heavy atom. The lowest BCUT2D eigenvalue weighted by atomic mass is 9.90. The maximum absolute atomic E-state index is 6.29. The number of ether oxygens (including phenoxy) is 2. The Bertz CT molecular complexity index is 791. The van der Waals surface area contributed by atoms with Crippen molar-refractivity contribution in [3.63, 3.8) is 0 Å². The van der Waals surface area contributed by atoms with Crippen molar-refractivity contribution in [3.8, 4) is 0 Å². The summed E-state index contributed by atoms with van der Waals surface area (Å²) in [5.41, 5.74) is 2.40. The number of anilines is 1. The molecule has 6 heteroatoms. The van der Waals surface area contributed by atoms with Gasteiger partial charge in [-0.2, -0.15) is 0 Å². The predicted molar refractivity (Wildman–Crippen MR) is 123 cm³/mol. The van der Waals surface area contributed by atoms with E-state index in [1.54, 1.807) is 7.11 Å². The van der Waals surface area contributed by atoms with Crippen molar-refractivity contribution in [2.45, 2.75) is 45.3 Å². The molecule has 1 aliphatic carbocycles. The zero-order valence-corrected chi connectivity index (χ0v) is 19.6. The molecule has 0 radical (unpaired) electrons. The molecular formula is C24H32BrN3O2. The number of hydrogen-bond donors (Lipinski definition) is 0. The van der Waals surface area contributed by atoms with E-state index in [0.717, 1.165) is 41.8 Å². The molecule has 4 rings (SSSR count). The third-order valence-corrected chi connectivity index (χ3v) is 7.13. The number of hydrogen-bond acceptors (Lipinski definition) is 5. The number of piperidine rings is 1.